The Hall–Kier alpha value is -5.40. The van der Waals surface area contributed by atoms with Gasteiger partial charge in [0.15, 0.2) is 0 Å². The summed E-state index contributed by atoms with van der Waals surface area (Å²) < 4.78 is 0. The number of hydrogen-bond donors (Lipinski definition) is 0. The van der Waals surface area contributed by atoms with Crippen LogP contribution in [-0.2, 0) is 43.8 Å². The van der Waals surface area contributed by atoms with Crippen LogP contribution in [0.4, 0.5) is 0 Å². The maximum absolute atomic E-state index is 5.66. The molecule has 0 fully saturated rings. The summed E-state index contributed by atoms with van der Waals surface area (Å²) in [5.41, 5.74) is 24.1. The van der Waals surface area contributed by atoms with E-state index >= 15 is 0 Å². The molecule has 3 aliphatic carbocycles. The molecule has 63 heavy (non-hydrogen) atoms. The monoisotopic (exact) mass is 995 g/mol. The summed E-state index contributed by atoms with van der Waals surface area (Å²) >= 11 is 0. The van der Waals surface area contributed by atoms with Crippen LogP contribution in [0.5, 0.6) is 0 Å². The van der Waals surface area contributed by atoms with Crippen LogP contribution in [0.3, 0.4) is 0 Å². The van der Waals surface area contributed by atoms with Crippen molar-refractivity contribution in [2.45, 2.75) is 103 Å². The summed E-state index contributed by atoms with van der Waals surface area (Å²) in [6.45, 7) is 9.40. The second-order valence-corrected chi connectivity index (χ2v) is 18.9. The molecular weight excluding hydrogens is 939 g/mol. The van der Waals surface area contributed by atoms with E-state index in [-0.39, 0.29) is 25.5 Å². The molecule has 1 aromatic heterocycles. The van der Waals surface area contributed by atoms with Crippen molar-refractivity contribution in [3.8, 4) is 55.8 Å². The van der Waals surface area contributed by atoms with Crippen LogP contribution in [0.1, 0.15) is 124 Å². The molecule has 2 heteroatoms. The van der Waals surface area contributed by atoms with Crippen LogP contribution in [0, 0.1) is 6.07 Å². The van der Waals surface area contributed by atoms with E-state index in [4.69, 9.17) is 4.98 Å². The van der Waals surface area contributed by atoms with E-state index in [2.05, 4.69) is 179 Å². The summed E-state index contributed by atoms with van der Waals surface area (Å²) in [5, 5.41) is 1.23. The maximum Gasteiger partial charge on any atom is 0.0607 e. The molecule has 1 nitrogen and oxygen atoms in total. The largest absolute Gasteiger partial charge is 0.296 e. The normalized spacial score (nSPS) is 14.2. The number of pyridine rings is 1. The zero-order valence-corrected chi connectivity index (χ0v) is 39.6. The van der Waals surface area contributed by atoms with Crippen molar-refractivity contribution in [1.29, 1.82) is 0 Å². The van der Waals surface area contributed by atoms with Crippen LogP contribution in [0.15, 0.2) is 146 Å². The Balaban J connectivity index is 0.00000471. The van der Waals surface area contributed by atoms with Gasteiger partial charge in [-0.2, -0.15) is 0 Å². The van der Waals surface area contributed by atoms with Gasteiger partial charge in [0.2, 0.25) is 0 Å². The van der Waals surface area contributed by atoms with Crippen LogP contribution in [-0.4, -0.2) is 4.98 Å². The molecular formula is C61H56IrN-. The number of nitrogens with zero attached hydrogens (tertiary/aromatic N) is 1. The van der Waals surface area contributed by atoms with Gasteiger partial charge in [-0.3, -0.25) is 4.98 Å². The van der Waals surface area contributed by atoms with E-state index in [0.717, 1.165) is 29.6 Å². The minimum Gasteiger partial charge on any atom is -0.296 e. The Morgan fingerprint density at radius 1 is 0.460 bits per heavy atom. The third kappa shape index (κ3) is 6.62. The summed E-state index contributed by atoms with van der Waals surface area (Å²) in [6.07, 6.45) is 12.4. The van der Waals surface area contributed by atoms with Crippen molar-refractivity contribution in [2.75, 3.05) is 0 Å². The van der Waals surface area contributed by atoms with Crippen LogP contribution in [0.2, 0.25) is 0 Å². The molecule has 0 amide bonds. The standard InChI is InChI=1S/C61H56N.Ir/c1-5-7-9-11-21-40-33-41(22-12-10-8-6-2)35-43(34-40)49-38-58(62-59-39-50-47-26-13-17-27-52(47)60(3,4)56(50)37-51(49)59)42-31-32-48-46-25-16-20-30-55(46)61(57(48)36-42)53-28-18-14-23-44(53)45-24-15-19-29-54(45)61;/h13-20,23-30,32-39H,5-12,21-22H2,1-4H3;/q-1;. The molecule has 0 unspecified atom stereocenters. The minimum absolute atomic E-state index is 0. The number of benzene rings is 7. The Bertz CT molecular complexity index is 2950. The van der Waals surface area contributed by atoms with Crippen molar-refractivity contribution < 1.29 is 20.1 Å². The zero-order valence-electron chi connectivity index (χ0n) is 37.2. The van der Waals surface area contributed by atoms with E-state index in [0.29, 0.717) is 0 Å². The van der Waals surface area contributed by atoms with Gasteiger partial charge in [-0.15, -0.1) is 29.3 Å². The SMILES string of the molecule is CCCCCCc1cc(CCCCCC)cc(-c2cc(-c3[c-]cc4c(c3)C3(c5ccccc5-c5ccccc53)c3ccccc3-4)nc3cc4c(cc23)C(C)(C)c2ccccc2-4)c1.[Ir]. The van der Waals surface area contributed by atoms with Gasteiger partial charge in [0.05, 0.1) is 10.9 Å². The second kappa shape index (κ2) is 16.6. The number of fused-ring (bicyclic) bond motifs is 14. The second-order valence-electron chi connectivity index (χ2n) is 18.9. The van der Waals surface area contributed by atoms with Crippen molar-refractivity contribution in [2.24, 2.45) is 0 Å². The quantitative estimate of drug-likeness (QED) is 0.0878. The molecule has 0 bridgehead atoms. The molecule has 315 valence electrons. The Morgan fingerprint density at radius 3 is 1.56 bits per heavy atom. The van der Waals surface area contributed by atoms with Gasteiger partial charge >= 0.3 is 0 Å². The predicted molar refractivity (Wildman–Crippen MR) is 261 cm³/mol. The predicted octanol–water partition coefficient (Wildman–Crippen LogP) is 16.3. The van der Waals surface area contributed by atoms with Gasteiger partial charge in [-0.05, 0) is 116 Å². The fourth-order valence-electron chi connectivity index (χ4n) is 11.7. The summed E-state index contributed by atoms with van der Waals surface area (Å²) in [4.78, 5) is 5.66. The van der Waals surface area contributed by atoms with Gasteiger partial charge in [-0.25, -0.2) is 0 Å². The molecule has 0 saturated heterocycles. The number of aromatic nitrogens is 1. The summed E-state index contributed by atoms with van der Waals surface area (Å²) in [7, 11) is 0. The fourth-order valence-corrected chi connectivity index (χ4v) is 11.7. The molecule has 1 radical (unpaired) electrons. The molecule has 1 heterocycles. The van der Waals surface area contributed by atoms with Crippen molar-refractivity contribution in [3.05, 3.63) is 196 Å². The van der Waals surface area contributed by atoms with Crippen molar-refractivity contribution >= 4 is 10.9 Å². The van der Waals surface area contributed by atoms with Crippen LogP contribution >= 0.6 is 0 Å². The molecule has 8 aromatic rings. The van der Waals surface area contributed by atoms with Gasteiger partial charge in [-0.1, -0.05) is 199 Å². The van der Waals surface area contributed by atoms with Crippen molar-refractivity contribution in [3.63, 3.8) is 0 Å². The topological polar surface area (TPSA) is 12.9 Å². The first-order valence-electron chi connectivity index (χ1n) is 23.5. The average Bonchev–Trinajstić information content (AvgIpc) is 3.86. The number of unbranched alkanes of at least 4 members (excludes halogenated alkanes) is 6. The first-order chi connectivity index (χ1) is 30.4. The first kappa shape index (κ1) is 41.6. The van der Waals surface area contributed by atoms with E-state index in [1.165, 1.54) is 146 Å². The molecule has 11 rings (SSSR count). The zero-order chi connectivity index (χ0) is 42.0. The maximum atomic E-state index is 5.66. The van der Waals surface area contributed by atoms with Crippen LogP contribution in [0.25, 0.3) is 66.7 Å². The number of hydrogen-bond acceptors (Lipinski definition) is 1. The molecule has 0 atom stereocenters. The average molecular weight is 995 g/mol. The minimum atomic E-state index is -0.419. The summed E-state index contributed by atoms with van der Waals surface area (Å²) in [5.74, 6) is 0. The van der Waals surface area contributed by atoms with Gasteiger partial charge < -0.3 is 0 Å². The number of aryl methyl sites for hydroxylation is 2. The van der Waals surface area contributed by atoms with Crippen molar-refractivity contribution in [1.82, 2.24) is 4.98 Å². The third-order valence-corrected chi connectivity index (χ3v) is 14.7. The van der Waals surface area contributed by atoms with E-state index < -0.39 is 5.41 Å². The first-order valence-corrected chi connectivity index (χ1v) is 23.5. The Kier molecular flexibility index (Phi) is 11.0. The van der Waals surface area contributed by atoms with E-state index in [1.807, 2.05) is 0 Å². The molecule has 1 spiro atoms. The third-order valence-electron chi connectivity index (χ3n) is 14.7. The Labute approximate surface area is 388 Å². The summed E-state index contributed by atoms with van der Waals surface area (Å²) in [6, 6.07) is 59.6. The van der Waals surface area contributed by atoms with E-state index in [9.17, 15) is 0 Å². The fraction of sp³-hybridized carbons (Fsp3) is 0.262. The molecule has 0 aliphatic heterocycles. The van der Waals surface area contributed by atoms with Crippen LogP contribution < -0.4 is 0 Å². The smallest absolute Gasteiger partial charge is 0.0607 e. The number of rotatable bonds is 12. The van der Waals surface area contributed by atoms with E-state index in [1.54, 1.807) is 0 Å². The Morgan fingerprint density at radius 2 is 0.984 bits per heavy atom. The van der Waals surface area contributed by atoms with Gasteiger partial charge in [0.1, 0.15) is 0 Å². The van der Waals surface area contributed by atoms with Gasteiger partial charge in [0, 0.05) is 30.9 Å². The molecule has 0 N–H and O–H groups in total. The van der Waals surface area contributed by atoms with Gasteiger partial charge in [0.25, 0.3) is 0 Å². The molecule has 0 saturated carbocycles. The molecule has 7 aromatic carbocycles. The molecule has 3 aliphatic rings.